The Balaban J connectivity index is 2.43. The van der Waals surface area contributed by atoms with E-state index in [1.165, 1.54) is 6.33 Å². The van der Waals surface area contributed by atoms with Gasteiger partial charge in [0.2, 0.25) is 5.88 Å². The molecule has 0 aliphatic rings. The number of anilines is 1. The Kier molecular flexibility index (Phi) is 4.45. The number of hydrogen-bond acceptors (Lipinski definition) is 4. The third kappa shape index (κ3) is 3.02. The Morgan fingerprint density at radius 1 is 1.25 bits per heavy atom. The monoisotopic (exact) mass is 291 g/mol. The van der Waals surface area contributed by atoms with Gasteiger partial charge in [0.25, 0.3) is 0 Å². The zero-order valence-electron chi connectivity index (χ0n) is 12.1. The molecule has 1 N–H and O–H groups in total. The molecule has 0 aliphatic heterocycles. The number of nitrogens with one attached hydrogen (secondary N) is 1. The number of ether oxygens (including phenoxy) is 1. The van der Waals surface area contributed by atoms with E-state index in [0.717, 1.165) is 22.7 Å². The third-order valence-electron chi connectivity index (χ3n) is 3.01. The summed E-state index contributed by atoms with van der Waals surface area (Å²) in [5.74, 6) is 2.36. The molecule has 0 spiro atoms. The van der Waals surface area contributed by atoms with Gasteiger partial charge < -0.3 is 10.1 Å². The van der Waals surface area contributed by atoms with Gasteiger partial charge in [-0.15, -0.1) is 0 Å². The standard InChI is InChI=1S/C15H18ClN3O/c1-9(2)13-14(17-4)18-8-19-15(13)20-12-6-5-11(16)7-10(12)3/h5-9H,1-4H3,(H,17,18,19). The maximum absolute atomic E-state index is 5.96. The van der Waals surface area contributed by atoms with Gasteiger partial charge in [0, 0.05) is 12.1 Å². The Morgan fingerprint density at radius 2 is 2.00 bits per heavy atom. The fourth-order valence-electron chi connectivity index (χ4n) is 2.01. The summed E-state index contributed by atoms with van der Waals surface area (Å²) >= 11 is 5.96. The fourth-order valence-corrected chi connectivity index (χ4v) is 2.24. The number of aromatic nitrogens is 2. The minimum absolute atomic E-state index is 0.251. The topological polar surface area (TPSA) is 47.0 Å². The van der Waals surface area contributed by atoms with Crippen LogP contribution in [0, 0.1) is 6.92 Å². The van der Waals surface area contributed by atoms with E-state index in [1.807, 2.05) is 26.1 Å². The summed E-state index contributed by atoms with van der Waals surface area (Å²) in [5, 5.41) is 3.77. The Labute approximate surface area is 124 Å². The van der Waals surface area contributed by atoms with Crippen LogP contribution in [-0.4, -0.2) is 17.0 Å². The molecule has 0 amide bonds. The van der Waals surface area contributed by atoms with Crippen molar-refractivity contribution < 1.29 is 4.74 Å². The molecule has 106 valence electrons. The molecule has 0 unspecified atom stereocenters. The van der Waals surface area contributed by atoms with Gasteiger partial charge in [-0.1, -0.05) is 25.4 Å². The van der Waals surface area contributed by atoms with Crippen molar-refractivity contribution in [3.05, 3.63) is 40.7 Å². The van der Waals surface area contributed by atoms with Crippen LogP contribution in [0.4, 0.5) is 5.82 Å². The number of nitrogens with zero attached hydrogens (tertiary/aromatic N) is 2. The van der Waals surface area contributed by atoms with Crippen molar-refractivity contribution in [3.8, 4) is 11.6 Å². The molecule has 0 fully saturated rings. The molecule has 0 saturated carbocycles. The van der Waals surface area contributed by atoms with Crippen LogP contribution in [0.15, 0.2) is 24.5 Å². The molecule has 2 aromatic rings. The van der Waals surface area contributed by atoms with Crippen molar-refractivity contribution in [2.24, 2.45) is 0 Å². The Hall–Kier alpha value is -1.81. The largest absolute Gasteiger partial charge is 0.438 e. The third-order valence-corrected chi connectivity index (χ3v) is 3.24. The van der Waals surface area contributed by atoms with Gasteiger partial charge in [-0.05, 0) is 36.6 Å². The van der Waals surface area contributed by atoms with E-state index >= 15 is 0 Å². The molecule has 0 aliphatic carbocycles. The lowest BCUT2D eigenvalue weighted by Gasteiger charge is -2.16. The van der Waals surface area contributed by atoms with Gasteiger partial charge in [-0.2, -0.15) is 0 Å². The molecule has 2 rings (SSSR count). The number of halogens is 1. The second kappa shape index (κ2) is 6.09. The summed E-state index contributed by atoms with van der Waals surface area (Å²) in [5.41, 5.74) is 1.93. The number of benzene rings is 1. The highest BCUT2D eigenvalue weighted by Gasteiger charge is 2.16. The minimum atomic E-state index is 0.251. The number of hydrogen-bond donors (Lipinski definition) is 1. The summed E-state index contributed by atoms with van der Waals surface area (Å²) in [6, 6.07) is 5.52. The van der Waals surface area contributed by atoms with E-state index in [9.17, 15) is 0 Å². The predicted octanol–water partition coefficient (Wildman–Crippen LogP) is 4.40. The summed E-state index contributed by atoms with van der Waals surface area (Å²) in [6.45, 7) is 6.12. The zero-order chi connectivity index (χ0) is 14.7. The molecule has 0 radical (unpaired) electrons. The molecule has 5 heteroatoms. The van der Waals surface area contributed by atoms with Crippen molar-refractivity contribution in [2.45, 2.75) is 26.7 Å². The molecule has 0 saturated heterocycles. The average molecular weight is 292 g/mol. The van der Waals surface area contributed by atoms with Crippen LogP contribution in [0.2, 0.25) is 5.02 Å². The minimum Gasteiger partial charge on any atom is -0.438 e. The normalized spacial score (nSPS) is 10.7. The van der Waals surface area contributed by atoms with E-state index < -0.39 is 0 Å². The molecule has 1 aromatic carbocycles. The number of aryl methyl sites for hydroxylation is 1. The van der Waals surface area contributed by atoms with Gasteiger partial charge in [-0.25, -0.2) is 9.97 Å². The number of rotatable bonds is 4. The second-order valence-corrected chi connectivity index (χ2v) is 5.29. The maximum Gasteiger partial charge on any atom is 0.227 e. The molecule has 4 nitrogen and oxygen atoms in total. The smallest absolute Gasteiger partial charge is 0.227 e. The first-order valence-electron chi connectivity index (χ1n) is 6.49. The quantitative estimate of drug-likeness (QED) is 0.907. The highest BCUT2D eigenvalue weighted by atomic mass is 35.5. The van der Waals surface area contributed by atoms with Gasteiger partial charge >= 0.3 is 0 Å². The summed E-state index contributed by atoms with van der Waals surface area (Å²) < 4.78 is 5.95. The first-order chi connectivity index (χ1) is 9.52. The first-order valence-corrected chi connectivity index (χ1v) is 6.87. The van der Waals surface area contributed by atoms with Crippen molar-refractivity contribution in [1.29, 1.82) is 0 Å². The zero-order valence-corrected chi connectivity index (χ0v) is 12.8. The molecule has 0 atom stereocenters. The van der Waals surface area contributed by atoms with E-state index in [2.05, 4.69) is 29.1 Å². The Bertz CT molecular complexity index is 614. The molecule has 0 bridgehead atoms. The summed E-state index contributed by atoms with van der Waals surface area (Å²) in [6.07, 6.45) is 1.50. The van der Waals surface area contributed by atoms with Crippen LogP contribution in [0.5, 0.6) is 11.6 Å². The SMILES string of the molecule is CNc1ncnc(Oc2ccc(Cl)cc2C)c1C(C)C. The van der Waals surface area contributed by atoms with E-state index in [1.54, 1.807) is 6.07 Å². The van der Waals surface area contributed by atoms with Gasteiger partial charge in [0.15, 0.2) is 0 Å². The van der Waals surface area contributed by atoms with Crippen molar-refractivity contribution in [1.82, 2.24) is 9.97 Å². The van der Waals surface area contributed by atoms with Crippen LogP contribution in [0.25, 0.3) is 0 Å². The molecular weight excluding hydrogens is 274 g/mol. The van der Waals surface area contributed by atoms with Crippen LogP contribution in [-0.2, 0) is 0 Å². The Morgan fingerprint density at radius 3 is 2.60 bits per heavy atom. The van der Waals surface area contributed by atoms with Crippen molar-refractivity contribution in [3.63, 3.8) is 0 Å². The van der Waals surface area contributed by atoms with Gasteiger partial charge in [-0.3, -0.25) is 0 Å². The van der Waals surface area contributed by atoms with Crippen molar-refractivity contribution in [2.75, 3.05) is 12.4 Å². The summed E-state index contributed by atoms with van der Waals surface area (Å²) in [7, 11) is 1.84. The molecule has 1 aromatic heterocycles. The van der Waals surface area contributed by atoms with Crippen LogP contribution in [0.1, 0.15) is 30.9 Å². The fraction of sp³-hybridized carbons (Fsp3) is 0.333. The van der Waals surface area contributed by atoms with E-state index in [4.69, 9.17) is 16.3 Å². The van der Waals surface area contributed by atoms with Crippen molar-refractivity contribution >= 4 is 17.4 Å². The second-order valence-electron chi connectivity index (χ2n) is 4.86. The van der Waals surface area contributed by atoms with E-state index in [-0.39, 0.29) is 5.92 Å². The van der Waals surface area contributed by atoms with Crippen LogP contribution in [0.3, 0.4) is 0 Å². The van der Waals surface area contributed by atoms with E-state index in [0.29, 0.717) is 10.9 Å². The highest BCUT2D eigenvalue weighted by Crippen LogP contribution is 2.34. The average Bonchev–Trinajstić information content (AvgIpc) is 2.41. The predicted molar refractivity (Wildman–Crippen MR) is 81.9 cm³/mol. The van der Waals surface area contributed by atoms with Crippen LogP contribution < -0.4 is 10.1 Å². The molecule has 20 heavy (non-hydrogen) atoms. The maximum atomic E-state index is 5.96. The molecular formula is C15H18ClN3O. The molecule has 1 heterocycles. The van der Waals surface area contributed by atoms with Gasteiger partial charge in [0.05, 0.1) is 5.56 Å². The highest BCUT2D eigenvalue weighted by molar-refractivity contribution is 6.30. The summed E-state index contributed by atoms with van der Waals surface area (Å²) in [4.78, 5) is 8.49. The lowest BCUT2D eigenvalue weighted by Crippen LogP contribution is -2.05. The van der Waals surface area contributed by atoms with Crippen LogP contribution >= 0.6 is 11.6 Å². The lowest BCUT2D eigenvalue weighted by molar-refractivity contribution is 0.448. The van der Waals surface area contributed by atoms with Gasteiger partial charge in [0.1, 0.15) is 17.9 Å². The first kappa shape index (κ1) is 14.6. The lowest BCUT2D eigenvalue weighted by atomic mass is 10.1.